The van der Waals surface area contributed by atoms with Crippen molar-refractivity contribution in [3.8, 4) is 11.8 Å². The Hall–Kier alpha value is -0.520. The van der Waals surface area contributed by atoms with Gasteiger partial charge in [0.1, 0.15) is 0 Å². The molecule has 0 aromatic heterocycles. The Kier molecular flexibility index (Phi) is 5.77. The smallest absolute Gasteiger partial charge is 0.0911 e. The summed E-state index contributed by atoms with van der Waals surface area (Å²) in [6.45, 7) is 6.19. The molecule has 0 amide bonds. The maximum Gasteiger partial charge on any atom is 0.0911 e. The highest BCUT2D eigenvalue weighted by atomic mass is 16.5. The summed E-state index contributed by atoms with van der Waals surface area (Å²) in [7, 11) is 1.61. The molecule has 2 heteroatoms. The van der Waals surface area contributed by atoms with Gasteiger partial charge in [0.05, 0.1) is 12.2 Å². The van der Waals surface area contributed by atoms with Crippen molar-refractivity contribution in [2.24, 2.45) is 5.92 Å². The third-order valence-corrected chi connectivity index (χ3v) is 2.33. The summed E-state index contributed by atoms with van der Waals surface area (Å²) >= 11 is 0. The average Bonchev–Trinajstić information content (AvgIpc) is 2.05. The van der Waals surface area contributed by atoms with Gasteiger partial charge in [-0.05, 0) is 19.3 Å². The molecule has 0 aliphatic rings. The second kappa shape index (κ2) is 6.01. The van der Waals surface area contributed by atoms with E-state index in [9.17, 15) is 5.11 Å². The van der Waals surface area contributed by atoms with E-state index >= 15 is 0 Å². The van der Waals surface area contributed by atoms with E-state index in [4.69, 9.17) is 4.74 Å². The molecule has 1 unspecified atom stereocenters. The van der Waals surface area contributed by atoms with Crippen LogP contribution in [0.3, 0.4) is 0 Å². The second-order valence-electron chi connectivity index (χ2n) is 3.62. The molecule has 76 valence electrons. The summed E-state index contributed by atoms with van der Waals surface area (Å²) in [5.41, 5.74) is -0.724. The van der Waals surface area contributed by atoms with Gasteiger partial charge in [-0.15, -0.1) is 11.8 Å². The lowest BCUT2D eigenvalue weighted by molar-refractivity contribution is -0.0689. The number of aliphatic hydroxyl groups is 1. The first-order valence-corrected chi connectivity index (χ1v) is 4.67. The van der Waals surface area contributed by atoms with Gasteiger partial charge in [-0.1, -0.05) is 13.8 Å². The molecule has 0 saturated carbocycles. The van der Waals surface area contributed by atoms with E-state index in [1.807, 2.05) is 20.8 Å². The van der Waals surface area contributed by atoms with Gasteiger partial charge in [-0.25, -0.2) is 0 Å². The van der Waals surface area contributed by atoms with Gasteiger partial charge in [0.25, 0.3) is 0 Å². The third-order valence-electron chi connectivity index (χ3n) is 2.33. The minimum Gasteiger partial charge on any atom is -0.387 e. The topological polar surface area (TPSA) is 29.5 Å². The van der Waals surface area contributed by atoms with Crippen molar-refractivity contribution in [2.45, 2.75) is 39.2 Å². The molecule has 1 N–H and O–H groups in total. The zero-order chi connectivity index (χ0) is 10.3. The van der Waals surface area contributed by atoms with Crippen LogP contribution in [-0.4, -0.2) is 24.4 Å². The first kappa shape index (κ1) is 12.5. The number of hydrogen-bond acceptors (Lipinski definition) is 2. The molecule has 0 aliphatic carbocycles. The molecular formula is C11H20O2. The first-order valence-electron chi connectivity index (χ1n) is 4.67. The minimum absolute atomic E-state index is 0.200. The highest BCUT2D eigenvalue weighted by molar-refractivity contribution is 4.97. The Morgan fingerprint density at radius 1 is 1.46 bits per heavy atom. The van der Waals surface area contributed by atoms with E-state index < -0.39 is 5.60 Å². The van der Waals surface area contributed by atoms with Crippen molar-refractivity contribution in [3.05, 3.63) is 0 Å². The zero-order valence-corrected chi connectivity index (χ0v) is 9.05. The van der Waals surface area contributed by atoms with Crippen LogP contribution in [0.4, 0.5) is 0 Å². The predicted octanol–water partition coefficient (Wildman–Crippen LogP) is 1.82. The molecule has 0 aliphatic heterocycles. The number of methoxy groups -OCH3 is 1. The molecule has 0 heterocycles. The van der Waals surface area contributed by atoms with Gasteiger partial charge in [0.2, 0.25) is 0 Å². The van der Waals surface area contributed by atoms with Crippen LogP contribution in [0, 0.1) is 17.8 Å². The van der Waals surface area contributed by atoms with E-state index in [1.165, 1.54) is 0 Å². The third kappa shape index (κ3) is 4.31. The fraction of sp³-hybridized carbons (Fsp3) is 0.818. The van der Waals surface area contributed by atoms with E-state index in [0.29, 0.717) is 13.0 Å². The van der Waals surface area contributed by atoms with Crippen molar-refractivity contribution in [1.82, 2.24) is 0 Å². The summed E-state index contributed by atoms with van der Waals surface area (Å²) in [6.07, 6.45) is 1.41. The van der Waals surface area contributed by atoms with Gasteiger partial charge in [-0.3, -0.25) is 0 Å². The van der Waals surface area contributed by atoms with E-state index in [-0.39, 0.29) is 5.92 Å². The average molecular weight is 184 g/mol. The van der Waals surface area contributed by atoms with Crippen LogP contribution in [0.15, 0.2) is 0 Å². The largest absolute Gasteiger partial charge is 0.387 e. The van der Waals surface area contributed by atoms with Crippen molar-refractivity contribution in [3.63, 3.8) is 0 Å². The fourth-order valence-corrected chi connectivity index (χ4v) is 1.18. The van der Waals surface area contributed by atoms with Crippen LogP contribution in [0.5, 0.6) is 0 Å². The van der Waals surface area contributed by atoms with Gasteiger partial charge in [0.15, 0.2) is 0 Å². The van der Waals surface area contributed by atoms with Crippen LogP contribution in [0.1, 0.15) is 33.6 Å². The zero-order valence-electron chi connectivity index (χ0n) is 9.05. The van der Waals surface area contributed by atoms with Crippen LogP contribution < -0.4 is 0 Å². The molecule has 0 fully saturated rings. The van der Waals surface area contributed by atoms with Crippen LogP contribution in [-0.2, 0) is 4.74 Å². The van der Waals surface area contributed by atoms with Crippen molar-refractivity contribution in [1.29, 1.82) is 0 Å². The quantitative estimate of drug-likeness (QED) is 0.660. The van der Waals surface area contributed by atoms with E-state index in [2.05, 4.69) is 11.8 Å². The normalized spacial score (nSPS) is 14.9. The lowest BCUT2D eigenvalue weighted by Crippen LogP contribution is -2.39. The number of hydrogen-bond donors (Lipinski definition) is 1. The summed E-state index contributed by atoms with van der Waals surface area (Å²) in [6, 6.07) is 0. The number of rotatable bonds is 5. The predicted molar refractivity (Wildman–Crippen MR) is 54.3 cm³/mol. The standard InChI is InChI=1S/C11H20O2/c1-5-6-7-8-11(12,9-13-4)10(2)3/h10,12H,7-9H2,1-4H3. The Labute approximate surface area is 81.3 Å². The van der Waals surface area contributed by atoms with Crippen molar-refractivity contribution in [2.75, 3.05) is 13.7 Å². The molecule has 0 aromatic rings. The summed E-state index contributed by atoms with van der Waals surface area (Å²) in [4.78, 5) is 0. The Balaban J connectivity index is 4.12. The lowest BCUT2D eigenvalue weighted by Gasteiger charge is -2.30. The first-order chi connectivity index (χ1) is 6.06. The molecule has 2 nitrogen and oxygen atoms in total. The summed E-state index contributed by atoms with van der Waals surface area (Å²) in [5.74, 6) is 5.97. The Morgan fingerprint density at radius 2 is 2.08 bits per heavy atom. The highest BCUT2D eigenvalue weighted by Crippen LogP contribution is 2.22. The Bertz CT molecular complexity index is 188. The second-order valence-corrected chi connectivity index (χ2v) is 3.62. The van der Waals surface area contributed by atoms with Gasteiger partial charge in [0, 0.05) is 13.5 Å². The maximum atomic E-state index is 10.1. The molecule has 0 bridgehead atoms. The molecule has 0 spiro atoms. The summed E-state index contributed by atoms with van der Waals surface area (Å²) < 4.78 is 5.00. The molecule has 0 saturated heterocycles. The van der Waals surface area contributed by atoms with E-state index in [1.54, 1.807) is 7.11 Å². The summed E-state index contributed by atoms with van der Waals surface area (Å²) in [5, 5.41) is 10.1. The van der Waals surface area contributed by atoms with Crippen LogP contribution in [0.2, 0.25) is 0 Å². The molecular weight excluding hydrogens is 164 g/mol. The Morgan fingerprint density at radius 3 is 2.46 bits per heavy atom. The molecule has 13 heavy (non-hydrogen) atoms. The SMILES string of the molecule is CC#CCCC(O)(COC)C(C)C. The number of ether oxygens (including phenoxy) is 1. The van der Waals surface area contributed by atoms with Crippen molar-refractivity contribution < 1.29 is 9.84 Å². The molecule has 0 aromatic carbocycles. The van der Waals surface area contributed by atoms with Crippen LogP contribution in [0.25, 0.3) is 0 Å². The fourth-order valence-electron chi connectivity index (χ4n) is 1.18. The maximum absolute atomic E-state index is 10.1. The minimum atomic E-state index is -0.724. The van der Waals surface area contributed by atoms with Gasteiger partial charge >= 0.3 is 0 Å². The van der Waals surface area contributed by atoms with E-state index in [0.717, 1.165) is 6.42 Å². The molecule has 1 atom stereocenters. The highest BCUT2D eigenvalue weighted by Gasteiger charge is 2.29. The molecule has 0 radical (unpaired) electrons. The van der Waals surface area contributed by atoms with Gasteiger partial charge < -0.3 is 9.84 Å². The molecule has 0 rings (SSSR count). The lowest BCUT2D eigenvalue weighted by atomic mass is 9.87. The monoisotopic (exact) mass is 184 g/mol. The van der Waals surface area contributed by atoms with Gasteiger partial charge in [-0.2, -0.15) is 0 Å². The van der Waals surface area contributed by atoms with Crippen molar-refractivity contribution >= 4 is 0 Å². The van der Waals surface area contributed by atoms with Crippen LogP contribution >= 0.6 is 0 Å².